The van der Waals surface area contributed by atoms with Gasteiger partial charge in [-0.05, 0) is 43.7 Å². The Hall–Kier alpha value is -2.19. The van der Waals surface area contributed by atoms with E-state index in [2.05, 4.69) is 15.5 Å². The summed E-state index contributed by atoms with van der Waals surface area (Å²) in [6.07, 6.45) is 6.62. The van der Waals surface area contributed by atoms with Crippen molar-refractivity contribution in [3.63, 3.8) is 0 Å². The van der Waals surface area contributed by atoms with E-state index in [0.29, 0.717) is 25.2 Å². The first-order chi connectivity index (χ1) is 16.9. The molecule has 3 atom stereocenters. The summed E-state index contributed by atoms with van der Waals surface area (Å²) in [5, 5.41) is 6.89. The summed E-state index contributed by atoms with van der Waals surface area (Å²) in [6.45, 7) is 7.87. The van der Waals surface area contributed by atoms with Gasteiger partial charge in [-0.25, -0.2) is 4.39 Å². The van der Waals surface area contributed by atoms with E-state index in [4.69, 9.17) is 4.74 Å². The van der Waals surface area contributed by atoms with E-state index in [9.17, 15) is 14.0 Å². The predicted molar refractivity (Wildman–Crippen MR) is 133 cm³/mol. The van der Waals surface area contributed by atoms with Crippen molar-refractivity contribution in [2.24, 2.45) is 5.92 Å². The summed E-state index contributed by atoms with van der Waals surface area (Å²) in [5.41, 5.74) is 1.62. The van der Waals surface area contributed by atoms with Crippen LogP contribution in [0.1, 0.15) is 56.6 Å². The standard InChI is InChI=1S/C27H39FN4O3/c1-18-8-9-24(28)23-15-27(30-25(18)23,20-6-4-3-5-7-20)26(34)29-21-14-22(17-35-16-21)32-12-10-31(11-13-32)19(2)33/h8-9,20-22,30H,3-7,10-17H2,1-2H3,(H,29,34)/t21-,22+,27?/m0/s1. The number of benzene rings is 1. The molecule has 2 N–H and O–H groups in total. The fourth-order valence-electron chi connectivity index (χ4n) is 6.68. The molecule has 1 unspecified atom stereocenters. The Morgan fingerprint density at radius 1 is 1.11 bits per heavy atom. The maximum absolute atomic E-state index is 14.8. The highest BCUT2D eigenvalue weighted by Gasteiger charge is 2.51. The minimum absolute atomic E-state index is 0.0185. The van der Waals surface area contributed by atoms with Crippen LogP contribution in [0.15, 0.2) is 12.1 Å². The van der Waals surface area contributed by atoms with Crippen LogP contribution in [0.2, 0.25) is 0 Å². The Morgan fingerprint density at radius 2 is 1.86 bits per heavy atom. The topological polar surface area (TPSA) is 73.9 Å². The number of nitrogens with one attached hydrogen (secondary N) is 2. The number of carbonyl (C=O) groups is 2. The quantitative estimate of drug-likeness (QED) is 0.685. The third-order valence-electron chi connectivity index (χ3n) is 8.77. The molecule has 3 fully saturated rings. The van der Waals surface area contributed by atoms with Gasteiger partial charge in [-0.2, -0.15) is 0 Å². The number of fused-ring (bicyclic) bond motifs is 1. The first-order valence-electron chi connectivity index (χ1n) is 13.3. The molecule has 1 aliphatic carbocycles. The normalized spacial score (nSPS) is 30.0. The molecule has 2 saturated heterocycles. The van der Waals surface area contributed by atoms with Gasteiger partial charge < -0.3 is 20.3 Å². The highest BCUT2D eigenvalue weighted by molar-refractivity contribution is 5.93. The van der Waals surface area contributed by atoms with Gasteiger partial charge in [0, 0.05) is 56.8 Å². The van der Waals surface area contributed by atoms with Crippen LogP contribution >= 0.6 is 0 Å². The Balaban J connectivity index is 1.29. The first-order valence-corrected chi connectivity index (χ1v) is 13.3. The second-order valence-corrected chi connectivity index (χ2v) is 11.0. The number of aryl methyl sites for hydroxylation is 1. The average molecular weight is 487 g/mol. The molecule has 2 amide bonds. The second kappa shape index (κ2) is 10.1. The number of ether oxygens (including phenoxy) is 1. The largest absolute Gasteiger partial charge is 0.378 e. The molecule has 4 aliphatic rings. The molecule has 0 spiro atoms. The number of anilines is 1. The van der Waals surface area contributed by atoms with Crippen LogP contribution in [0.3, 0.4) is 0 Å². The number of piperazine rings is 1. The zero-order valence-corrected chi connectivity index (χ0v) is 21.1. The van der Waals surface area contributed by atoms with Gasteiger partial charge in [0.05, 0.1) is 19.3 Å². The van der Waals surface area contributed by atoms with Crippen molar-refractivity contribution in [2.45, 2.75) is 76.4 Å². The SMILES string of the molecule is CC(=O)N1CCN([C@H]2COC[C@@H](NC(=O)C3(C4CCCCC4)Cc4c(F)ccc(C)c4N3)C2)CC1. The minimum Gasteiger partial charge on any atom is -0.378 e. The molecular formula is C27H39FN4O3. The van der Waals surface area contributed by atoms with E-state index in [-0.39, 0.29) is 35.6 Å². The van der Waals surface area contributed by atoms with Crippen molar-refractivity contribution in [3.8, 4) is 0 Å². The van der Waals surface area contributed by atoms with Crippen LogP contribution in [0.25, 0.3) is 0 Å². The van der Waals surface area contributed by atoms with Crippen molar-refractivity contribution in [1.29, 1.82) is 0 Å². The zero-order chi connectivity index (χ0) is 24.6. The van der Waals surface area contributed by atoms with Crippen molar-refractivity contribution in [1.82, 2.24) is 15.1 Å². The van der Waals surface area contributed by atoms with Crippen molar-refractivity contribution in [3.05, 3.63) is 29.1 Å². The number of amides is 2. The Labute approximate surface area is 207 Å². The molecule has 192 valence electrons. The van der Waals surface area contributed by atoms with Gasteiger partial charge in [0.15, 0.2) is 0 Å². The Morgan fingerprint density at radius 3 is 2.54 bits per heavy atom. The van der Waals surface area contributed by atoms with E-state index >= 15 is 0 Å². The fraction of sp³-hybridized carbons (Fsp3) is 0.704. The molecule has 3 aliphatic heterocycles. The summed E-state index contributed by atoms with van der Waals surface area (Å²) in [5.74, 6) is 0.0613. The lowest BCUT2D eigenvalue weighted by Crippen LogP contribution is -2.62. The number of halogens is 1. The molecule has 1 saturated carbocycles. The highest BCUT2D eigenvalue weighted by atomic mass is 19.1. The van der Waals surface area contributed by atoms with Crippen LogP contribution < -0.4 is 10.6 Å². The van der Waals surface area contributed by atoms with Crippen molar-refractivity contribution < 1.29 is 18.7 Å². The van der Waals surface area contributed by atoms with Gasteiger partial charge in [-0.15, -0.1) is 0 Å². The highest BCUT2D eigenvalue weighted by Crippen LogP contribution is 2.45. The van der Waals surface area contributed by atoms with Crippen molar-refractivity contribution >= 4 is 17.5 Å². The third-order valence-corrected chi connectivity index (χ3v) is 8.77. The van der Waals surface area contributed by atoms with Crippen LogP contribution in [0.4, 0.5) is 10.1 Å². The summed E-state index contributed by atoms with van der Waals surface area (Å²) in [4.78, 5) is 30.0. The molecule has 35 heavy (non-hydrogen) atoms. The zero-order valence-electron chi connectivity index (χ0n) is 21.1. The minimum atomic E-state index is -0.810. The number of hydrogen-bond acceptors (Lipinski definition) is 5. The van der Waals surface area contributed by atoms with Gasteiger partial charge in [0.1, 0.15) is 11.4 Å². The van der Waals surface area contributed by atoms with Crippen molar-refractivity contribution in [2.75, 3.05) is 44.7 Å². The molecule has 0 aromatic heterocycles. The van der Waals surface area contributed by atoms with Gasteiger partial charge in [0.25, 0.3) is 0 Å². The van der Waals surface area contributed by atoms with E-state index in [1.807, 2.05) is 11.8 Å². The number of rotatable bonds is 4. The van der Waals surface area contributed by atoms with E-state index in [1.165, 1.54) is 12.5 Å². The summed E-state index contributed by atoms with van der Waals surface area (Å²) in [7, 11) is 0. The average Bonchev–Trinajstić information content (AvgIpc) is 3.31. The Kier molecular flexibility index (Phi) is 7.04. The number of carbonyl (C=O) groups excluding carboxylic acids is 2. The lowest BCUT2D eigenvalue weighted by atomic mass is 9.72. The number of hydrogen-bond donors (Lipinski definition) is 2. The smallest absolute Gasteiger partial charge is 0.246 e. The molecule has 8 heteroatoms. The maximum Gasteiger partial charge on any atom is 0.246 e. The molecule has 3 heterocycles. The maximum atomic E-state index is 14.8. The number of nitrogens with zero attached hydrogens (tertiary/aromatic N) is 2. The van der Waals surface area contributed by atoms with Crippen LogP contribution in [-0.4, -0.2) is 78.6 Å². The summed E-state index contributed by atoms with van der Waals surface area (Å²) < 4.78 is 20.8. The van der Waals surface area contributed by atoms with Gasteiger partial charge in [-0.1, -0.05) is 25.3 Å². The molecule has 7 nitrogen and oxygen atoms in total. The van der Waals surface area contributed by atoms with E-state index < -0.39 is 5.54 Å². The summed E-state index contributed by atoms with van der Waals surface area (Å²) in [6, 6.07) is 3.46. The molecule has 1 aromatic rings. The lowest BCUT2D eigenvalue weighted by Gasteiger charge is -2.43. The monoisotopic (exact) mass is 486 g/mol. The van der Waals surface area contributed by atoms with E-state index in [0.717, 1.165) is 69.5 Å². The predicted octanol–water partition coefficient (Wildman–Crippen LogP) is 2.86. The third kappa shape index (κ3) is 4.79. The van der Waals surface area contributed by atoms with Gasteiger partial charge >= 0.3 is 0 Å². The van der Waals surface area contributed by atoms with Crippen LogP contribution in [0.5, 0.6) is 0 Å². The fourth-order valence-corrected chi connectivity index (χ4v) is 6.68. The van der Waals surface area contributed by atoms with Crippen LogP contribution in [-0.2, 0) is 20.7 Å². The second-order valence-electron chi connectivity index (χ2n) is 11.0. The molecular weight excluding hydrogens is 447 g/mol. The Bertz CT molecular complexity index is 925. The van der Waals surface area contributed by atoms with Gasteiger partial charge in [0.2, 0.25) is 11.8 Å². The van der Waals surface area contributed by atoms with Crippen LogP contribution in [0, 0.1) is 18.7 Å². The lowest BCUT2D eigenvalue weighted by molar-refractivity contribution is -0.133. The molecule has 5 rings (SSSR count). The first kappa shape index (κ1) is 24.5. The molecule has 1 aromatic carbocycles. The summed E-state index contributed by atoms with van der Waals surface area (Å²) >= 11 is 0. The van der Waals surface area contributed by atoms with E-state index in [1.54, 1.807) is 13.0 Å². The van der Waals surface area contributed by atoms with Gasteiger partial charge in [-0.3, -0.25) is 14.5 Å². The molecule has 0 bridgehead atoms. The molecule has 0 radical (unpaired) electrons.